The van der Waals surface area contributed by atoms with E-state index in [2.05, 4.69) is 0 Å². The average molecular weight is 379 g/mol. The molecule has 0 fully saturated rings. The van der Waals surface area contributed by atoms with Crippen LogP contribution in [0.2, 0.25) is 0 Å². The summed E-state index contributed by atoms with van der Waals surface area (Å²) in [5, 5.41) is 0. The Hall–Kier alpha value is -1.12. The van der Waals surface area contributed by atoms with Gasteiger partial charge in [0, 0.05) is 12.8 Å². The fourth-order valence-corrected chi connectivity index (χ4v) is 2.56. The van der Waals surface area contributed by atoms with E-state index in [4.69, 9.17) is 0 Å². The van der Waals surface area contributed by atoms with E-state index in [1.807, 2.05) is 0 Å². The predicted molar refractivity (Wildman–Crippen MR) is 78.2 cm³/mol. The average Bonchev–Trinajstić information content (AvgIpc) is 2.50. The summed E-state index contributed by atoms with van der Waals surface area (Å²) >= 11 is 0. The highest BCUT2D eigenvalue weighted by Crippen LogP contribution is 2.39. The van der Waals surface area contributed by atoms with Gasteiger partial charge in [-0.25, -0.2) is 13.2 Å². The molecule has 0 saturated heterocycles. The van der Waals surface area contributed by atoms with Crippen molar-refractivity contribution >= 4 is 0 Å². The topological polar surface area (TPSA) is 3.24 Å². The van der Waals surface area contributed by atoms with Crippen LogP contribution >= 0.6 is 0 Å². The third-order valence-electron chi connectivity index (χ3n) is 3.98. The molecule has 1 aliphatic carbocycles. The Labute approximate surface area is 141 Å². The van der Waals surface area contributed by atoms with Gasteiger partial charge in [-0.15, -0.1) is 0 Å². The number of hydrogen-bond donors (Lipinski definition) is 0. The minimum absolute atomic E-state index is 0.0935. The minimum Gasteiger partial charge on any atom is -0.239 e. The fourth-order valence-electron chi connectivity index (χ4n) is 2.56. The molecule has 0 aromatic rings. The fraction of sp³-hybridized carbons (Fsp3) is 0.750. The van der Waals surface area contributed by atoms with Crippen LogP contribution < -0.4 is 0 Å². The van der Waals surface area contributed by atoms with Crippen molar-refractivity contribution in [1.29, 1.82) is 0 Å². The van der Waals surface area contributed by atoms with Gasteiger partial charge >= 0.3 is 12.2 Å². The first-order chi connectivity index (χ1) is 11.5. The zero-order chi connectivity index (χ0) is 19.1. The summed E-state index contributed by atoms with van der Waals surface area (Å²) in [6.45, 7) is -1.88. The number of alkyl halides is 8. The van der Waals surface area contributed by atoms with Crippen LogP contribution in [0.25, 0.3) is 0 Å². The van der Waals surface area contributed by atoms with Gasteiger partial charge in [0.05, 0.1) is 0 Å². The van der Waals surface area contributed by atoms with E-state index in [1.54, 1.807) is 0 Å². The molecule has 0 radical (unpaired) electrons. The van der Waals surface area contributed by atoms with Crippen molar-refractivity contribution in [3.8, 4) is 0 Å². The highest BCUT2D eigenvalue weighted by molar-refractivity contribution is 5.18. The molecular formula is C16H21F8N. The highest BCUT2D eigenvalue weighted by atomic mass is 19.4. The monoisotopic (exact) mass is 379 g/mol. The van der Waals surface area contributed by atoms with Gasteiger partial charge in [0.25, 0.3) is 0 Å². The molecule has 1 rings (SSSR count). The van der Waals surface area contributed by atoms with Crippen molar-refractivity contribution in [2.24, 2.45) is 0 Å². The Kier molecular flexibility index (Phi) is 7.89. The molecule has 0 saturated carbocycles. The molecule has 0 N–H and O–H groups in total. The minimum atomic E-state index is -4.37. The molecule has 9 heteroatoms. The molecule has 0 aromatic heterocycles. The van der Waals surface area contributed by atoms with Crippen molar-refractivity contribution in [1.82, 2.24) is 4.90 Å². The van der Waals surface area contributed by atoms with Gasteiger partial charge < -0.3 is 0 Å². The molecular weight excluding hydrogens is 358 g/mol. The number of hydrogen-bond acceptors (Lipinski definition) is 1. The van der Waals surface area contributed by atoms with E-state index < -0.39 is 55.1 Å². The molecule has 0 amide bonds. The van der Waals surface area contributed by atoms with Crippen molar-refractivity contribution in [3.05, 3.63) is 24.3 Å². The SMILES string of the molecule is FCN(C1(F)C=CC=CC1)C(F)(F)C(F)CCCCCCC(F)(F)F. The Morgan fingerprint density at radius 2 is 1.64 bits per heavy atom. The molecule has 25 heavy (non-hydrogen) atoms. The summed E-state index contributed by atoms with van der Waals surface area (Å²) in [5.74, 6) is -2.83. The molecule has 1 aliphatic rings. The quantitative estimate of drug-likeness (QED) is 0.247. The predicted octanol–water partition coefficient (Wildman–Crippen LogP) is 6.23. The first kappa shape index (κ1) is 21.9. The largest absolute Gasteiger partial charge is 0.389 e. The normalized spacial score (nSPS) is 22.6. The maximum absolute atomic E-state index is 14.5. The van der Waals surface area contributed by atoms with Crippen molar-refractivity contribution in [3.63, 3.8) is 0 Å². The first-order valence-corrected chi connectivity index (χ1v) is 7.98. The van der Waals surface area contributed by atoms with E-state index in [0.717, 1.165) is 12.2 Å². The molecule has 0 heterocycles. The van der Waals surface area contributed by atoms with Crippen LogP contribution in [0.1, 0.15) is 44.9 Å². The van der Waals surface area contributed by atoms with Crippen LogP contribution in [0.3, 0.4) is 0 Å². The standard InChI is InChI=1S/C16H21F8N/c17-12-25(14(19)9-5-3-6-10-14)16(23,24)13(18)8-4-1-2-7-11-15(20,21)22/h3,5-6,9,13H,1-2,4,7-8,10-12H2. The lowest BCUT2D eigenvalue weighted by Crippen LogP contribution is -2.57. The van der Waals surface area contributed by atoms with Crippen LogP contribution in [-0.2, 0) is 0 Å². The van der Waals surface area contributed by atoms with E-state index in [0.29, 0.717) is 0 Å². The van der Waals surface area contributed by atoms with Crippen molar-refractivity contribution < 1.29 is 35.1 Å². The Bertz CT molecular complexity index is 460. The number of allylic oxidation sites excluding steroid dienone is 2. The van der Waals surface area contributed by atoms with Gasteiger partial charge in [-0.05, 0) is 18.9 Å². The van der Waals surface area contributed by atoms with E-state index >= 15 is 0 Å². The maximum atomic E-state index is 14.5. The molecule has 0 bridgehead atoms. The summed E-state index contributed by atoms with van der Waals surface area (Å²) in [4.78, 5) is -0.464. The highest BCUT2D eigenvalue weighted by Gasteiger charge is 2.54. The number of nitrogens with zero attached hydrogens (tertiary/aromatic N) is 1. The first-order valence-electron chi connectivity index (χ1n) is 7.98. The van der Waals surface area contributed by atoms with Crippen LogP contribution in [0, 0.1) is 0 Å². The third-order valence-corrected chi connectivity index (χ3v) is 3.98. The summed E-state index contributed by atoms with van der Waals surface area (Å²) in [5.41, 5.74) is 0. The lowest BCUT2D eigenvalue weighted by atomic mass is 10.0. The van der Waals surface area contributed by atoms with Crippen LogP contribution in [0.5, 0.6) is 0 Å². The zero-order valence-corrected chi connectivity index (χ0v) is 13.5. The van der Waals surface area contributed by atoms with E-state index in [9.17, 15) is 35.1 Å². The molecule has 2 unspecified atom stereocenters. The second-order valence-electron chi connectivity index (χ2n) is 5.98. The molecule has 0 aromatic carbocycles. The summed E-state index contributed by atoms with van der Waals surface area (Å²) < 4.78 is 105. The number of halogens is 8. The van der Waals surface area contributed by atoms with Crippen molar-refractivity contribution in [2.75, 3.05) is 6.80 Å². The summed E-state index contributed by atoms with van der Waals surface area (Å²) in [7, 11) is 0. The van der Waals surface area contributed by atoms with Gasteiger partial charge in [0.2, 0.25) is 0 Å². The zero-order valence-electron chi connectivity index (χ0n) is 13.5. The van der Waals surface area contributed by atoms with Gasteiger partial charge in [0.1, 0.15) is 0 Å². The Morgan fingerprint density at radius 1 is 1.00 bits per heavy atom. The summed E-state index contributed by atoms with van der Waals surface area (Å²) in [6.07, 6.45) is -4.82. The summed E-state index contributed by atoms with van der Waals surface area (Å²) in [6, 6.07) is -4.37. The smallest absolute Gasteiger partial charge is 0.239 e. The molecule has 2 atom stereocenters. The van der Waals surface area contributed by atoms with E-state index in [-0.39, 0.29) is 25.7 Å². The Balaban J connectivity index is 2.50. The van der Waals surface area contributed by atoms with E-state index in [1.165, 1.54) is 12.2 Å². The Morgan fingerprint density at radius 3 is 2.16 bits per heavy atom. The second kappa shape index (κ2) is 9.00. The molecule has 1 nitrogen and oxygen atoms in total. The maximum Gasteiger partial charge on any atom is 0.389 e. The lowest BCUT2D eigenvalue weighted by Gasteiger charge is -2.40. The van der Waals surface area contributed by atoms with Gasteiger partial charge in [0.15, 0.2) is 18.8 Å². The number of unbranched alkanes of at least 4 members (excludes halogenated alkanes) is 3. The number of rotatable bonds is 10. The van der Waals surface area contributed by atoms with Gasteiger partial charge in [-0.3, -0.25) is 0 Å². The van der Waals surface area contributed by atoms with Crippen LogP contribution in [-0.4, -0.2) is 35.9 Å². The van der Waals surface area contributed by atoms with Gasteiger partial charge in [-0.1, -0.05) is 37.5 Å². The van der Waals surface area contributed by atoms with Crippen LogP contribution in [0.15, 0.2) is 24.3 Å². The van der Waals surface area contributed by atoms with Crippen LogP contribution in [0.4, 0.5) is 35.1 Å². The molecule has 146 valence electrons. The lowest BCUT2D eigenvalue weighted by molar-refractivity contribution is -0.256. The van der Waals surface area contributed by atoms with Crippen molar-refractivity contribution in [2.45, 2.75) is 69.1 Å². The molecule has 0 spiro atoms. The van der Waals surface area contributed by atoms with Gasteiger partial charge in [-0.2, -0.15) is 26.9 Å². The third kappa shape index (κ3) is 6.60. The molecule has 0 aliphatic heterocycles. The second-order valence-corrected chi connectivity index (χ2v) is 5.98.